The third kappa shape index (κ3) is 4.71. The van der Waals surface area contributed by atoms with Crippen LogP contribution < -0.4 is 16.0 Å². The van der Waals surface area contributed by atoms with Gasteiger partial charge in [-0.25, -0.2) is 4.79 Å². The van der Waals surface area contributed by atoms with Crippen LogP contribution >= 0.6 is 0 Å². The van der Waals surface area contributed by atoms with E-state index in [9.17, 15) is 9.59 Å². The standard InChI is InChI=1S/C22H26N4O2/c1-14(2)21(27)25-17-9-8-15(3)20(12-17)26-22(28)23-11-10-16-13-24-19-7-5-4-6-18(16)19/h4-9,12-14,24H,10-11H2,1-3H3,(H,25,27)(H2,23,26,28). The monoisotopic (exact) mass is 378 g/mol. The molecule has 6 heteroatoms. The van der Waals surface area contributed by atoms with Gasteiger partial charge in [0.2, 0.25) is 5.91 Å². The number of carbonyl (C=O) groups excluding carboxylic acids is 2. The van der Waals surface area contributed by atoms with Crippen LogP contribution in [0.15, 0.2) is 48.7 Å². The number of fused-ring (bicyclic) bond motifs is 1. The van der Waals surface area contributed by atoms with E-state index in [1.807, 2.05) is 57.3 Å². The van der Waals surface area contributed by atoms with Gasteiger partial charge in [0, 0.05) is 40.9 Å². The fraction of sp³-hybridized carbons (Fsp3) is 0.273. The summed E-state index contributed by atoms with van der Waals surface area (Å²) >= 11 is 0. The van der Waals surface area contributed by atoms with Gasteiger partial charge in [0.15, 0.2) is 0 Å². The van der Waals surface area contributed by atoms with E-state index in [0.29, 0.717) is 17.9 Å². The number of anilines is 2. The first kappa shape index (κ1) is 19.5. The number of benzene rings is 2. The summed E-state index contributed by atoms with van der Waals surface area (Å²) in [7, 11) is 0. The van der Waals surface area contributed by atoms with Gasteiger partial charge >= 0.3 is 6.03 Å². The summed E-state index contributed by atoms with van der Waals surface area (Å²) in [5.74, 6) is -0.163. The number of para-hydroxylation sites is 1. The minimum atomic E-state index is -0.268. The lowest BCUT2D eigenvalue weighted by Crippen LogP contribution is -2.30. The fourth-order valence-corrected chi connectivity index (χ4v) is 2.94. The number of urea groups is 1. The lowest BCUT2D eigenvalue weighted by molar-refractivity contribution is -0.118. The largest absolute Gasteiger partial charge is 0.361 e. The highest BCUT2D eigenvalue weighted by Gasteiger charge is 2.10. The van der Waals surface area contributed by atoms with Crippen LogP contribution in [0.4, 0.5) is 16.2 Å². The minimum absolute atomic E-state index is 0.0574. The summed E-state index contributed by atoms with van der Waals surface area (Å²) in [4.78, 5) is 27.4. The second-order valence-corrected chi connectivity index (χ2v) is 7.16. The Balaban J connectivity index is 1.56. The summed E-state index contributed by atoms with van der Waals surface area (Å²) in [6, 6.07) is 13.3. The Bertz CT molecular complexity index is 991. The molecule has 0 aliphatic heterocycles. The molecule has 3 amide bonds. The average molecular weight is 378 g/mol. The summed E-state index contributed by atoms with van der Waals surface area (Å²) in [6.07, 6.45) is 2.72. The fourth-order valence-electron chi connectivity index (χ4n) is 2.94. The minimum Gasteiger partial charge on any atom is -0.361 e. The molecule has 3 aromatic rings. The number of hydrogen-bond donors (Lipinski definition) is 4. The highest BCUT2D eigenvalue weighted by Crippen LogP contribution is 2.21. The van der Waals surface area contributed by atoms with Gasteiger partial charge < -0.3 is 20.9 Å². The number of aromatic nitrogens is 1. The Labute approximate surface area is 164 Å². The van der Waals surface area contributed by atoms with Crippen LogP contribution in [-0.4, -0.2) is 23.5 Å². The number of aryl methyl sites for hydroxylation is 1. The van der Waals surface area contributed by atoms with Crippen molar-refractivity contribution < 1.29 is 9.59 Å². The molecule has 4 N–H and O–H groups in total. The number of H-pyrrole nitrogens is 1. The van der Waals surface area contributed by atoms with E-state index in [-0.39, 0.29) is 17.9 Å². The van der Waals surface area contributed by atoms with Gasteiger partial charge in [-0.2, -0.15) is 0 Å². The molecule has 0 fully saturated rings. The van der Waals surface area contributed by atoms with Crippen LogP contribution in [-0.2, 0) is 11.2 Å². The molecule has 28 heavy (non-hydrogen) atoms. The average Bonchev–Trinajstić information content (AvgIpc) is 3.07. The van der Waals surface area contributed by atoms with Crippen LogP contribution in [0.2, 0.25) is 0 Å². The molecular weight excluding hydrogens is 352 g/mol. The molecule has 0 saturated carbocycles. The van der Waals surface area contributed by atoms with E-state index >= 15 is 0 Å². The maximum Gasteiger partial charge on any atom is 0.319 e. The van der Waals surface area contributed by atoms with E-state index in [1.54, 1.807) is 6.07 Å². The van der Waals surface area contributed by atoms with Gasteiger partial charge in [-0.3, -0.25) is 4.79 Å². The Morgan fingerprint density at radius 3 is 2.64 bits per heavy atom. The molecule has 0 aliphatic rings. The molecule has 0 unspecified atom stereocenters. The molecule has 3 rings (SSSR count). The Hall–Kier alpha value is -3.28. The summed E-state index contributed by atoms with van der Waals surface area (Å²) < 4.78 is 0. The van der Waals surface area contributed by atoms with E-state index < -0.39 is 0 Å². The number of carbonyl (C=O) groups is 2. The smallest absolute Gasteiger partial charge is 0.319 e. The van der Waals surface area contributed by atoms with Gasteiger partial charge in [0.05, 0.1) is 0 Å². The van der Waals surface area contributed by atoms with Crippen LogP contribution in [0, 0.1) is 12.8 Å². The van der Waals surface area contributed by atoms with Crippen molar-refractivity contribution in [1.29, 1.82) is 0 Å². The second-order valence-electron chi connectivity index (χ2n) is 7.16. The molecule has 0 radical (unpaired) electrons. The lowest BCUT2D eigenvalue weighted by Gasteiger charge is -2.13. The quantitative estimate of drug-likeness (QED) is 0.511. The molecule has 6 nitrogen and oxygen atoms in total. The third-order valence-electron chi connectivity index (χ3n) is 4.63. The number of aromatic amines is 1. The molecule has 0 atom stereocenters. The van der Waals surface area contributed by atoms with Crippen molar-refractivity contribution in [3.8, 4) is 0 Å². The molecular formula is C22H26N4O2. The van der Waals surface area contributed by atoms with Crippen molar-refractivity contribution in [2.75, 3.05) is 17.2 Å². The van der Waals surface area contributed by atoms with E-state index in [0.717, 1.165) is 17.5 Å². The van der Waals surface area contributed by atoms with E-state index in [1.165, 1.54) is 10.9 Å². The zero-order valence-electron chi connectivity index (χ0n) is 16.4. The highest BCUT2D eigenvalue weighted by atomic mass is 16.2. The first-order valence-corrected chi connectivity index (χ1v) is 9.45. The first-order valence-electron chi connectivity index (χ1n) is 9.45. The number of hydrogen-bond acceptors (Lipinski definition) is 2. The second kappa shape index (κ2) is 8.61. The zero-order valence-corrected chi connectivity index (χ0v) is 16.4. The van der Waals surface area contributed by atoms with Gasteiger partial charge in [-0.05, 0) is 42.7 Å². The third-order valence-corrected chi connectivity index (χ3v) is 4.63. The normalized spacial score (nSPS) is 10.9. The predicted octanol–water partition coefficient (Wildman–Crippen LogP) is 4.44. The summed E-state index contributed by atoms with van der Waals surface area (Å²) in [5, 5.41) is 9.77. The first-order chi connectivity index (χ1) is 13.4. The SMILES string of the molecule is Cc1ccc(NC(=O)C(C)C)cc1NC(=O)NCCc1c[nH]c2ccccc12. The van der Waals surface area contributed by atoms with Crippen molar-refractivity contribution >= 4 is 34.2 Å². The van der Waals surface area contributed by atoms with Crippen molar-refractivity contribution in [3.63, 3.8) is 0 Å². The van der Waals surface area contributed by atoms with Crippen LogP contribution in [0.5, 0.6) is 0 Å². The maximum atomic E-state index is 12.3. The van der Waals surface area contributed by atoms with Crippen molar-refractivity contribution in [3.05, 3.63) is 59.8 Å². The molecule has 146 valence electrons. The van der Waals surface area contributed by atoms with Gasteiger partial charge in [0.25, 0.3) is 0 Å². The van der Waals surface area contributed by atoms with Crippen LogP contribution in [0.25, 0.3) is 10.9 Å². The molecule has 0 aliphatic carbocycles. The number of rotatable bonds is 6. The molecule has 1 heterocycles. The van der Waals surface area contributed by atoms with Crippen molar-refractivity contribution in [2.45, 2.75) is 27.2 Å². The Morgan fingerprint density at radius 2 is 1.86 bits per heavy atom. The number of nitrogens with one attached hydrogen (secondary N) is 4. The van der Waals surface area contributed by atoms with Crippen molar-refractivity contribution in [1.82, 2.24) is 10.3 Å². The maximum absolute atomic E-state index is 12.3. The molecule has 0 bridgehead atoms. The summed E-state index contributed by atoms with van der Waals surface area (Å²) in [5.41, 5.74) is 4.53. The lowest BCUT2D eigenvalue weighted by atomic mass is 10.1. The molecule has 0 spiro atoms. The van der Waals surface area contributed by atoms with Crippen molar-refractivity contribution in [2.24, 2.45) is 5.92 Å². The van der Waals surface area contributed by atoms with E-state index in [4.69, 9.17) is 0 Å². The Morgan fingerprint density at radius 1 is 1.07 bits per heavy atom. The zero-order chi connectivity index (χ0) is 20.1. The van der Waals surface area contributed by atoms with Gasteiger partial charge in [-0.15, -0.1) is 0 Å². The summed E-state index contributed by atoms with van der Waals surface area (Å²) in [6.45, 7) is 6.11. The Kier molecular flexibility index (Phi) is 5.99. The highest BCUT2D eigenvalue weighted by molar-refractivity contribution is 5.95. The topological polar surface area (TPSA) is 86.0 Å². The molecule has 1 aromatic heterocycles. The van der Waals surface area contributed by atoms with Crippen LogP contribution in [0.1, 0.15) is 25.0 Å². The molecule has 0 saturated heterocycles. The predicted molar refractivity (Wildman–Crippen MR) is 114 cm³/mol. The van der Waals surface area contributed by atoms with Crippen LogP contribution in [0.3, 0.4) is 0 Å². The van der Waals surface area contributed by atoms with Gasteiger partial charge in [0.1, 0.15) is 0 Å². The van der Waals surface area contributed by atoms with E-state index in [2.05, 4.69) is 27.0 Å². The molecule has 2 aromatic carbocycles. The number of amides is 3. The van der Waals surface area contributed by atoms with Gasteiger partial charge in [-0.1, -0.05) is 38.1 Å².